The van der Waals surface area contributed by atoms with E-state index in [4.69, 9.17) is 10.6 Å². The molecule has 0 unspecified atom stereocenters. The number of rotatable bonds is 7. The van der Waals surface area contributed by atoms with Gasteiger partial charge in [0.1, 0.15) is 29.7 Å². The summed E-state index contributed by atoms with van der Waals surface area (Å²) in [7, 11) is 3.18. The Labute approximate surface area is 219 Å². The SMILES string of the molecule is CO/N=C(\C(=O)N[C@@H]1C(=O)N2C(C(=O)[O-])=C(C[n+]3cc4cc(C)ccc4n3C)CS[C@H]12)c1csc(N)n1. The first kappa shape index (κ1) is 24.8. The Balaban J connectivity index is 1.38. The van der Waals surface area contributed by atoms with Gasteiger partial charge < -0.3 is 25.8 Å². The van der Waals surface area contributed by atoms with Crippen molar-refractivity contribution in [2.45, 2.75) is 24.9 Å². The van der Waals surface area contributed by atoms with Crippen molar-refractivity contribution < 1.29 is 29.0 Å². The molecule has 3 N–H and O–H groups in total. The monoisotopic (exact) mass is 541 g/mol. The summed E-state index contributed by atoms with van der Waals surface area (Å²) in [6.07, 6.45) is 1.95. The largest absolute Gasteiger partial charge is 0.543 e. The zero-order valence-corrected chi connectivity index (χ0v) is 21.8. The molecule has 1 saturated heterocycles. The van der Waals surface area contributed by atoms with Gasteiger partial charge >= 0.3 is 0 Å². The van der Waals surface area contributed by atoms with E-state index in [-0.39, 0.29) is 28.8 Å². The first-order chi connectivity index (χ1) is 17.7. The summed E-state index contributed by atoms with van der Waals surface area (Å²) < 4.78 is 3.84. The van der Waals surface area contributed by atoms with Gasteiger partial charge in [0.25, 0.3) is 11.8 Å². The molecule has 5 rings (SSSR count). The van der Waals surface area contributed by atoms with Crippen LogP contribution in [0.4, 0.5) is 5.13 Å². The Morgan fingerprint density at radius 3 is 2.86 bits per heavy atom. The summed E-state index contributed by atoms with van der Waals surface area (Å²) in [6.45, 7) is 2.27. The van der Waals surface area contributed by atoms with Crippen molar-refractivity contribution in [1.29, 1.82) is 0 Å². The Bertz CT molecular complexity index is 1510. The molecule has 1 aromatic carbocycles. The number of nitrogens with zero attached hydrogens (tertiary/aromatic N) is 5. The van der Waals surface area contributed by atoms with E-state index in [1.807, 2.05) is 41.7 Å². The van der Waals surface area contributed by atoms with Crippen molar-refractivity contribution in [2.24, 2.45) is 12.2 Å². The fourth-order valence-electron chi connectivity index (χ4n) is 4.50. The molecule has 2 amide bonds. The van der Waals surface area contributed by atoms with Crippen LogP contribution in [-0.2, 0) is 32.8 Å². The van der Waals surface area contributed by atoms with Crippen molar-refractivity contribution in [2.75, 3.05) is 18.6 Å². The summed E-state index contributed by atoms with van der Waals surface area (Å²) in [5.74, 6) is -2.32. The lowest BCUT2D eigenvalue weighted by Gasteiger charge is -2.50. The summed E-state index contributed by atoms with van der Waals surface area (Å²) in [6, 6.07) is 5.13. The fourth-order valence-corrected chi connectivity index (χ4v) is 6.38. The lowest BCUT2D eigenvalue weighted by molar-refractivity contribution is -0.764. The zero-order chi connectivity index (χ0) is 26.4. The highest BCUT2D eigenvalue weighted by Crippen LogP contribution is 2.40. The molecule has 0 radical (unpaired) electrons. The number of carbonyl (C=O) groups is 3. The number of carboxylic acids is 1. The zero-order valence-electron chi connectivity index (χ0n) is 20.1. The highest BCUT2D eigenvalue weighted by molar-refractivity contribution is 8.00. The van der Waals surface area contributed by atoms with E-state index in [9.17, 15) is 19.5 Å². The number of aliphatic carboxylic acids is 1. The topological polar surface area (TPSA) is 159 Å². The molecule has 2 aromatic heterocycles. The average Bonchev–Trinajstić information content (AvgIpc) is 3.42. The number of β-lactam (4-membered cyclic amide) rings is 1. The van der Waals surface area contributed by atoms with Gasteiger partial charge in [0.15, 0.2) is 17.4 Å². The molecule has 2 aliphatic heterocycles. The maximum Gasteiger partial charge on any atom is 0.276 e. The second-order valence-corrected chi connectivity index (χ2v) is 10.6. The van der Waals surface area contributed by atoms with Crippen molar-refractivity contribution in [3.8, 4) is 0 Å². The number of nitrogen functional groups attached to an aromatic ring is 1. The molecule has 0 bridgehead atoms. The molecule has 1 fully saturated rings. The maximum atomic E-state index is 13.1. The molecular weight excluding hydrogens is 518 g/mol. The van der Waals surface area contributed by atoms with Gasteiger partial charge in [-0.2, -0.15) is 4.68 Å². The molecule has 4 heterocycles. The quantitative estimate of drug-likeness (QED) is 0.171. The number of thioether (sulfide) groups is 1. The normalized spacial score (nSPS) is 19.6. The van der Waals surface area contributed by atoms with Gasteiger partial charge in [0, 0.05) is 16.7 Å². The second kappa shape index (κ2) is 9.52. The number of carboxylic acid groups (broad SMARTS) is 1. The van der Waals surface area contributed by atoms with Crippen LogP contribution in [0.1, 0.15) is 11.3 Å². The Hall–Kier alpha value is -3.91. The number of fused-ring (bicyclic) bond motifs is 2. The Morgan fingerprint density at radius 1 is 1.41 bits per heavy atom. The van der Waals surface area contributed by atoms with Gasteiger partial charge in [-0.3, -0.25) is 14.5 Å². The van der Waals surface area contributed by atoms with Crippen LogP contribution in [-0.4, -0.2) is 62.3 Å². The molecule has 0 saturated carbocycles. The third kappa shape index (κ3) is 4.31. The van der Waals surface area contributed by atoms with Crippen LogP contribution in [0.2, 0.25) is 0 Å². The lowest BCUT2D eigenvalue weighted by atomic mass is 10.0. The number of oxime groups is 1. The molecule has 3 aromatic rings. The predicted octanol–water partition coefficient (Wildman–Crippen LogP) is -0.732. The number of aromatic nitrogens is 3. The number of nitrogens with two attached hydrogens (primary N) is 1. The van der Waals surface area contributed by atoms with E-state index >= 15 is 0 Å². The van der Waals surface area contributed by atoms with E-state index in [0.717, 1.165) is 27.8 Å². The summed E-state index contributed by atoms with van der Waals surface area (Å²) >= 11 is 2.50. The number of carbonyl (C=O) groups excluding carboxylic acids is 3. The highest BCUT2D eigenvalue weighted by atomic mass is 32.2. The molecule has 12 nitrogen and oxygen atoms in total. The summed E-state index contributed by atoms with van der Waals surface area (Å²) in [5.41, 5.74) is 8.23. The smallest absolute Gasteiger partial charge is 0.276 e. The van der Waals surface area contributed by atoms with E-state index in [2.05, 4.69) is 21.5 Å². The van der Waals surface area contributed by atoms with Crippen LogP contribution >= 0.6 is 23.1 Å². The van der Waals surface area contributed by atoms with Gasteiger partial charge in [-0.1, -0.05) is 16.8 Å². The van der Waals surface area contributed by atoms with Crippen molar-refractivity contribution in [3.05, 3.63) is 52.3 Å². The van der Waals surface area contributed by atoms with Crippen LogP contribution in [0.15, 0.2) is 46.2 Å². The number of nitrogens with one attached hydrogen (secondary N) is 1. The van der Waals surface area contributed by atoms with Gasteiger partial charge in [-0.05, 0) is 19.1 Å². The number of thiazole rings is 1. The maximum absolute atomic E-state index is 13.1. The van der Waals surface area contributed by atoms with Crippen LogP contribution in [0.25, 0.3) is 10.9 Å². The van der Waals surface area contributed by atoms with Crippen LogP contribution in [0.5, 0.6) is 0 Å². The Morgan fingerprint density at radius 2 is 2.19 bits per heavy atom. The standard InChI is InChI=1S/C23H23N7O5S2/c1-11-4-5-15-12(6-11)7-29(28(15)2)8-13-9-36-21-17(20(32)30(21)18(13)22(33)34)26-19(31)16(27-35-3)14-10-37-23(24)25-14/h4-7,10,17,21H,8-9H2,1-3H3,(H3-,24,25,26,31,33,34)/b27-16-/t17-,21-/m1/s1. The van der Waals surface area contributed by atoms with Crippen LogP contribution < -0.4 is 20.8 Å². The van der Waals surface area contributed by atoms with Gasteiger partial charge in [-0.15, -0.1) is 27.8 Å². The average molecular weight is 542 g/mol. The minimum atomic E-state index is -1.44. The number of hydrogen-bond acceptors (Lipinski definition) is 10. The van der Waals surface area contributed by atoms with Gasteiger partial charge in [0.2, 0.25) is 6.20 Å². The minimum absolute atomic E-state index is 0.138. The number of anilines is 1. The van der Waals surface area contributed by atoms with E-state index in [1.165, 1.54) is 23.8 Å². The first-order valence-electron chi connectivity index (χ1n) is 11.2. The van der Waals surface area contributed by atoms with Gasteiger partial charge in [0.05, 0.1) is 24.1 Å². The minimum Gasteiger partial charge on any atom is -0.543 e. The van der Waals surface area contributed by atoms with E-state index in [1.54, 1.807) is 5.38 Å². The third-order valence-electron chi connectivity index (χ3n) is 6.25. The van der Waals surface area contributed by atoms with Crippen molar-refractivity contribution in [3.63, 3.8) is 0 Å². The Kier molecular flexibility index (Phi) is 6.37. The molecule has 0 aliphatic carbocycles. The molecular formula is C23H23N7O5S2. The second-order valence-electron chi connectivity index (χ2n) is 8.61. The van der Waals surface area contributed by atoms with Crippen LogP contribution in [0.3, 0.4) is 0 Å². The predicted molar refractivity (Wildman–Crippen MR) is 135 cm³/mol. The number of benzene rings is 1. The molecule has 14 heteroatoms. The molecule has 37 heavy (non-hydrogen) atoms. The molecule has 0 spiro atoms. The van der Waals surface area contributed by atoms with E-state index in [0.29, 0.717) is 11.3 Å². The highest BCUT2D eigenvalue weighted by Gasteiger charge is 2.53. The summed E-state index contributed by atoms with van der Waals surface area (Å²) in [5, 5.41) is 20.7. The lowest BCUT2D eigenvalue weighted by Crippen LogP contribution is -2.71. The molecule has 2 aliphatic rings. The number of hydrogen-bond donors (Lipinski definition) is 2. The number of aryl methyl sites for hydroxylation is 2. The fraction of sp³-hybridized carbons (Fsp3) is 0.304. The molecule has 192 valence electrons. The van der Waals surface area contributed by atoms with Gasteiger partial charge in [-0.25, -0.2) is 4.98 Å². The van der Waals surface area contributed by atoms with Crippen molar-refractivity contribution in [1.82, 2.24) is 19.9 Å². The van der Waals surface area contributed by atoms with E-state index < -0.39 is 29.2 Å². The van der Waals surface area contributed by atoms with Crippen molar-refractivity contribution >= 4 is 62.6 Å². The summed E-state index contributed by atoms with van der Waals surface area (Å²) in [4.78, 5) is 48.1. The molecule has 2 atom stereocenters. The first-order valence-corrected chi connectivity index (χ1v) is 13.1. The van der Waals surface area contributed by atoms with Crippen LogP contribution in [0, 0.1) is 6.92 Å². The third-order valence-corrected chi connectivity index (χ3v) is 8.26. The number of amides is 2.